The zero-order chi connectivity index (χ0) is 19.9. The molecular formula is C26H29NO2. The molecule has 1 aliphatic rings. The van der Waals surface area contributed by atoms with Crippen LogP contribution in [0.5, 0.6) is 0 Å². The molecule has 1 heterocycles. The summed E-state index contributed by atoms with van der Waals surface area (Å²) in [7, 11) is 0. The van der Waals surface area contributed by atoms with E-state index < -0.39 is 6.10 Å². The number of aliphatic hydroxyl groups excluding tert-OH is 1. The molecule has 0 saturated heterocycles. The van der Waals surface area contributed by atoms with Crippen molar-refractivity contribution in [2.24, 2.45) is 0 Å². The number of aliphatic hydroxyl groups is 1. The van der Waals surface area contributed by atoms with Crippen molar-refractivity contribution in [2.75, 3.05) is 26.3 Å². The Balaban J connectivity index is 1.31. The molecule has 3 nitrogen and oxygen atoms in total. The summed E-state index contributed by atoms with van der Waals surface area (Å²) in [6, 6.07) is 29.5. The predicted molar refractivity (Wildman–Crippen MR) is 117 cm³/mol. The summed E-state index contributed by atoms with van der Waals surface area (Å²) in [5.74, 6) is 0.173. The quantitative estimate of drug-likeness (QED) is 0.627. The van der Waals surface area contributed by atoms with Crippen molar-refractivity contribution < 1.29 is 9.84 Å². The van der Waals surface area contributed by atoms with Crippen LogP contribution in [0.2, 0.25) is 0 Å². The lowest BCUT2D eigenvalue weighted by molar-refractivity contribution is 0.0121. The Morgan fingerprint density at radius 3 is 2.00 bits per heavy atom. The second-order valence-electron chi connectivity index (χ2n) is 7.82. The Kier molecular flexibility index (Phi) is 6.73. The largest absolute Gasteiger partial charge is 0.389 e. The summed E-state index contributed by atoms with van der Waals surface area (Å²) in [5, 5.41) is 10.5. The molecule has 0 bridgehead atoms. The fourth-order valence-electron chi connectivity index (χ4n) is 4.14. The molecule has 0 saturated carbocycles. The average Bonchev–Trinajstić information content (AvgIpc) is 2.78. The molecule has 0 unspecified atom stereocenters. The number of nitrogens with zero attached hydrogens (tertiary/aromatic N) is 1. The predicted octanol–water partition coefficient (Wildman–Crippen LogP) is 4.25. The number of ether oxygens (including phenoxy) is 1. The molecule has 3 heteroatoms. The lowest BCUT2D eigenvalue weighted by Crippen LogP contribution is -2.38. The van der Waals surface area contributed by atoms with E-state index in [1.807, 2.05) is 12.1 Å². The summed E-state index contributed by atoms with van der Waals surface area (Å²) >= 11 is 0. The topological polar surface area (TPSA) is 32.7 Å². The standard InChI is InChI=1S/C26H29NO2/c28-25(18-27-16-15-21-9-7-8-14-24(21)17-27)19-29-20-26(22-10-3-1-4-11-22)23-12-5-2-6-13-23/h1-14,25-26,28H,15-20H2/t25-/m0/s1. The number of benzene rings is 3. The summed E-state index contributed by atoms with van der Waals surface area (Å²) in [6.45, 7) is 3.46. The van der Waals surface area contributed by atoms with Crippen LogP contribution in [0.25, 0.3) is 0 Å². The van der Waals surface area contributed by atoms with Gasteiger partial charge in [0.15, 0.2) is 0 Å². The molecule has 3 aromatic carbocycles. The Morgan fingerprint density at radius 2 is 1.34 bits per heavy atom. The highest BCUT2D eigenvalue weighted by atomic mass is 16.5. The van der Waals surface area contributed by atoms with Crippen LogP contribution in [-0.4, -0.2) is 42.4 Å². The second-order valence-corrected chi connectivity index (χ2v) is 7.82. The molecule has 1 atom stereocenters. The molecule has 29 heavy (non-hydrogen) atoms. The average molecular weight is 388 g/mol. The van der Waals surface area contributed by atoms with Gasteiger partial charge in [-0.2, -0.15) is 0 Å². The van der Waals surface area contributed by atoms with Gasteiger partial charge in [0, 0.05) is 25.6 Å². The summed E-state index contributed by atoms with van der Waals surface area (Å²) in [6.07, 6.45) is 0.570. The first-order valence-electron chi connectivity index (χ1n) is 10.4. The molecule has 4 rings (SSSR count). The maximum Gasteiger partial charge on any atom is 0.0900 e. The van der Waals surface area contributed by atoms with Crippen molar-refractivity contribution >= 4 is 0 Å². The third-order valence-electron chi connectivity index (χ3n) is 5.68. The first kappa shape index (κ1) is 19.8. The van der Waals surface area contributed by atoms with Gasteiger partial charge in [0.1, 0.15) is 0 Å². The number of β-amino-alcohol motifs (C(OH)–C–C–N with tert-alkyl or cyclic N) is 1. The molecular weight excluding hydrogens is 358 g/mol. The van der Waals surface area contributed by atoms with Crippen molar-refractivity contribution in [1.29, 1.82) is 0 Å². The first-order chi connectivity index (χ1) is 14.3. The van der Waals surface area contributed by atoms with Crippen LogP contribution in [0.4, 0.5) is 0 Å². The van der Waals surface area contributed by atoms with Crippen molar-refractivity contribution in [2.45, 2.75) is 25.0 Å². The van der Waals surface area contributed by atoms with E-state index >= 15 is 0 Å². The fraction of sp³-hybridized carbons (Fsp3) is 0.308. The van der Waals surface area contributed by atoms with Gasteiger partial charge in [-0.15, -0.1) is 0 Å². The highest BCUT2D eigenvalue weighted by Gasteiger charge is 2.19. The normalized spacial score (nSPS) is 15.2. The number of hydrogen-bond donors (Lipinski definition) is 1. The van der Waals surface area contributed by atoms with Gasteiger partial charge in [0.25, 0.3) is 0 Å². The summed E-state index contributed by atoms with van der Waals surface area (Å²) in [4.78, 5) is 2.32. The minimum absolute atomic E-state index is 0.173. The molecule has 0 spiro atoms. The minimum Gasteiger partial charge on any atom is -0.389 e. The van der Waals surface area contributed by atoms with Crippen LogP contribution in [0.1, 0.15) is 28.2 Å². The van der Waals surface area contributed by atoms with E-state index in [4.69, 9.17) is 4.74 Å². The van der Waals surface area contributed by atoms with E-state index in [9.17, 15) is 5.11 Å². The van der Waals surface area contributed by atoms with E-state index in [1.54, 1.807) is 0 Å². The molecule has 0 aliphatic carbocycles. The Hall–Kier alpha value is -2.46. The maximum absolute atomic E-state index is 10.5. The van der Waals surface area contributed by atoms with Crippen molar-refractivity contribution in [1.82, 2.24) is 4.90 Å². The van der Waals surface area contributed by atoms with Gasteiger partial charge in [0.05, 0.1) is 19.3 Å². The molecule has 1 N–H and O–H groups in total. The molecule has 3 aromatic rings. The van der Waals surface area contributed by atoms with Crippen molar-refractivity contribution in [3.05, 3.63) is 107 Å². The third kappa shape index (κ3) is 5.33. The van der Waals surface area contributed by atoms with Gasteiger partial charge < -0.3 is 9.84 Å². The lowest BCUT2D eigenvalue weighted by Gasteiger charge is -2.30. The fourth-order valence-corrected chi connectivity index (χ4v) is 4.14. The van der Waals surface area contributed by atoms with E-state index in [-0.39, 0.29) is 5.92 Å². The maximum atomic E-state index is 10.5. The van der Waals surface area contributed by atoms with Crippen molar-refractivity contribution in [3.8, 4) is 0 Å². The van der Waals surface area contributed by atoms with Crippen LogP contribution < -0.4 is 0 Å². The minimum atomic E-state index is -0.479. The van der Waals surface area contributed by atoms with Gasteiger partial charge in [0.2, 0.25) is 0 Å². The van der Waals surface area contributed by atoms with Gasteiger partial charge in [-0.1, -0.05) is 84.9 Å². The lowest BCUT2D eigenvalue weighted by atomic mass is 9.92. The van der Waals surface area contributed by atoms with E-state index in [0.717, 1.165) is 19.5 Å². The van der Waals surface area contributed by atoms with Gasteiger partial charge >= 0.3 is 0 Å². The highest BCUT2D eigenvalue weighted by molar-refractivity contribution is 5.32. The monoisotopic (exact) mass is 387 g/mol. The molecule has 0 aromatic heterocycles. The first-order valence-corrected chi connectivity index (χ1v) is 10.4. The Morgan fingerprint density at radius 1 is 0.759 bits per heavy atom. The highest BCUT2D eigenvalue weighted by Crippen LogP contribution is 2.25. The van der Waals surface area contributed by atoms with Crippen LogP contribution in [0.15, 0.2) is 84.9 Å². The number of rotatable bonds is 8. The summed E-state index contributed by atoms with van der Waals surface area (Å²) < 4.78 is 6.00. The SMILES string of the molecule is O[C@H](COCC(c1ccccc1)c1ccccc1)CN1CCc2ccccc2C1. The molecule has 150 valence electrons. The smallest absolute Gasteiger partial charge is 0.0900 e. The van der Waals surface area contributed by atoms with E-state index in [1.165, 1.54) is 22.3 Å². The van der Waals surface area contributed by atoms with Crippen LogP contribution in [0.3, 0.4) is 0 Å². The zero-order valence-corrected chi connectivity index (χ0v) is 16.8. The molecule has 1 aliphatic heterocycles. The summed E-state index contributed by atoms with van der Waals surface area (Å²) in [5.41, 5.74) is 5.28. The molecule has 0 fully saturated rings. The molecule has 0 amide bonds. The number of fused-ring (bicyclic) bond motifs is 1. The van der Waals surface area contributed by atoms with Gasteiger partial charge in [-0.25, -0.2) is 0 Å². The van der Waals surface area contributed by atoms with E-state index in [2.05, 4.69) is 77.7 Å². The van der Waals surface area contributed by atoms with Gasteiger partial charge in [-0.05, 0) is 28.7 Å². The zero-order valence-electron chi connectivity index (χ0n) is 16.8. The van der Waals surface area contributed by atoms with Crippen LogP contribution in [0, 0.1) is 0 Å². The second kappa shape index (κ2) is 9.84. The third-order valence-corrected chi connectivity index (χ3v) is 5.68. The van der Waals surface area contributed by atoms with Gasteiger partial charge in [-0.3, -0.25) is 4.90 Å². The van der Waals surface area contributed by atoms with Crippen LogP contribution in [-0.2, 0) is 17.7 Å². The van der Waals surface area contributed by atoms with Crippen molar-refractivity contribution in [3.63, 3.8) is 0 Å². The number of hydrogen-bond acceptors (Lipinski definition) is 3. The van der Waals surface area contributed by atoms with E-state index in [0.29, 0.717) is 19.8 Å². The molecule has 0 radical (unpaired) electrons. The van der Waals surface area contributed by atoms with Crippen LogP contribution >= 0.6 is 0 Å². The Bertz CT molecular complexity index is 842. The Labute approximate surface area is 173 Å².